The van der Waals surface area contributed by atoms with Crippen molar-refractivity contribution < 1.29 is 45.8 Å². The molecular formula is C22H3F11N6S. The van der Waals surface area contributed by atoms with Gasteiger partial charge in [0.2, 0.25) is 0 Å². The van der Waals surface area contributed by atoms with Gasteiger partial charge in [-0.2, -0.15) is 57.9 Å². The molecule has 0 aromatic heterocycles. The first-order chi connectivity index (χ1) is 18.0. The predicted molar refractivity (Wildman–Crippen MR) is 110 cm³/mol. The fourth-order valence-corrected chi connectivity index (χ4v) is 4.59. The Hall–Kier alpha value is -5.30. The van der Waals surface area contributed by atoms with Crippen molar-refractivity contribution >= 4 is 21.4 Å². The summed E-state index contributed by atoms with van der Waals surface area (Å²) in [6, 6.07) is 4.26. The molecule has 0 heterocycles. The van der Waals surface area contributed by atoms with Gasteiger partial charge in [-0.1, -0.05) is 19.4 Å². The van der Waals surface area contributed by atoms with Crippen molar-refractivity contribution in [2.45, 2.75) is 17.2 Å². The second-order valence-electron chi connectivity index (χ2n) is 7.38. The molecule has 0 bridgehead atoms. The zero-order chi connectivity index (χ0) is 31.1. The van der Waals surface area contributed by atoms with E-state index in [1.54, 1.807) is 0 Å². The molecule has 0 amide bonds. The third kappa shape index (κ3) is 5.59. The minimum atomic E-state index is -11.4. The number of nitrogens with zero attached hydrogens (tertiary/aromatic N) is 6. The number of nitriles is 6. The van der Waals surface area contributed by atoms with Crippen molar-refractivity contribution in [3.63, 3.8) is 0 Å². The van der Waals surface area contributed by atoms with Crippen LogP contribution >= 0.6 is 10.2 Å². The first kappa shape index (κ1) is 30.9. The molecule has 18 heteroatoms. The van der Waals surface area contributed by atoms with Crippen molar-refractivity contribution in [3.05, 3.63) is 62.0 Å². The van der Waals surface area contributed by atoms with Crippen LogP contribution in [-0.4, -0.2) is 0 Å². The van der Waals surface area contributed by atoms with Gasteiger partial charge in [0.1, 0.15) is 40.8 Å². The van der Waals surface area contributed by atoms with Gasteiger partial charge in [-0.3, -0.25) is 0 Å². The molecule has 0 saturated carbocycles. The van der Waals surface area contributed by atoms with E-state index in [0.29, 0.717) is 12.1 Å². The highest BCUT2D eigenvalue weighted by molar-refractivity contribution is 8.45. The van der Waals surface area contributed by atoms with Crippen LogP contribution in [0.2, 0.25) is 0 Å². The molecular weight excluding hydrogens is 589 g/mol. The van der Waals surface area contributed by atoms with Crippen molar-refractivity contribution in [2.24, 2.45) is 0 Å². The molecule has 6 nitrogen and oxygen atoms in total. The van der Waals surface area contributed by atoms with Crippen LogP contribution in [0.25, 0.3) is 11.1 Å². The Morgan fingerprint density at radius 1 is 0.625 bits per heavy atom. The zero-order valence-corrected chi connectivity index (χ0v) is 19.3. The van der Waals surface area contributed by atoms with Gasteiger partial charge in [-0.05, 0) is 23.8 Å². The minimum Gasteiger partial charge on any atom is -0.192 e. The minimum absolute atomic E-state index is 0.0962. The average Bonchev–Trinajstić information content (AvgIpc) is 2.81. The summed E-state index contributed by atoms with van der Waals surface area (Å²) in [6.07, 6.45) is -11.6. The molecule has 0 saturated heterocycles. The Labute approximate surface area is 214 Å². The van der Waals surface area contributed by atoms with Crippen LogP contribution < -0.4 is 10.4 Å². The van der Waals surface area contributed by atoms with Gasteiger partial charge in [-0.25, -0.2) is 0 Å². The molecule has 2 aromatic rings. The fraction of sp³-hybridized carbons (Fsp3) is 0.0909. The number of hydrogen-bond donors (Lipinski definition) is 0. The molecule has 0 N–H and O–H groups in total. The first-order valence-corrected chi connectivity index (χ1v) is 11.4. The molecule has 204 valence electrons. The highest BCUT2D eigenvalue weighted by Crippen LogP contribution is 3.01. The lowest BCUT2D eigenvalue weighted by Gasteiger charge is -2.41. The summed E-state index contributed by atoms with van der Waals surface area (Å²) in [7, 11) is -11.4. The maximum atomic E-state index is 14.3. The summed E-state index contributed by atoms with van der Waals surface area (Å²) >= 11 is 0. The summed E-state index contributed by atoms with van der Waals surface area (Å²) in [5.41, 5.74) is -15.9. The van der Waals surface area contributed by atoms with E-state index in [9.17, 15) is 61.6 Å². The quantitative estimate of drug-likeness (QED) is 0.397. The van der Waals surface area contributed by atoms with Gasteiger partial charge in [0.15, 0.2) is 0 Å². The number of alkyl halides is 6. The maximum Gasteiger partial charge on any atom is 0.417 e. The molecule has 0 radical (unpaired) electrons. The van der Waals surface area contributed by atoms with Gasteiger partial charge >= 0.3 is 22.6 Å². The number of hydrogen-bond acceptors (Lipinski definition) is 6. The van der Waals surface area contributed by atoms with E-state index in [2.05, 4.69) is 0 Å². The highest BCUT2D eigenvalue weighted by atomic mass is 32.5. The molecule has 0 aliphatic rings. The molecule has 2 rings (SSSR count). The van der Waals surface area contributed by atoms with E-state index < -0.39 is 94.6 Å². The fourth-order valence-electron chi connectivity index (χ4n) is 3.45. The van der Waals surface area contributed by atoms with Crippen LogP contribution in [0.3, 0.4) is 0 Å². The van der Waals surface area contributed by atoms with E-state index in [4.69, 9.17) is 15.8 Å². The average molecular weight is 592 g/mol. The number of benzene rings is 2. The third-order valence-electron chi connectivity index (χ3n) is 4.90. The smallest absolute Gasteiger partial charge is 0.192 e. The van der Waals surface area contributed by atoms with Crippen LogP contribution in [0.4, 0.5) is 45.8 Å². The standard InChI is InChI=1S/C22H3F11N6S/c23-21(24,25)17-2-10(3-18(16(17)9-39)22(26,27)28)14(7-37)19-11(4-34)1-13(12(5-35)6-36)15(8-38)20(19)40(29,30,31,32)33/h1-3H/b19-14+. The summed E-state index contributed by atoms with van der Waals surface area (Å²) in [4.78, 5) is -3.40. The van der Waals surface area contributed by atoms with Crippen molar-refractivity contribution in [1.82, 2.24) is 0 Å². The van der Waals surface area contributed by atoms with Gasteiger partial charge in [-0.15, -0.1) is 0 Å². The van der Waals surface area contributed by atoms with E-state index in [0.717, 1.165) is 24.3 Å². The van der Waals surface area contributed by atoms with Gasteiger partial charge in [0.05, 0.1) is 39.5 Å². The van der Waals surface area contributed by atoms with Crippen LogP contribution in [0, 0.1) is 68.0 Å². The zero-order valence-electron chi connectivity index (χ0n) is 18.5. The Morgan fingerprint density at radius 2 is 1.07 bits per heavy atom. The summed E-state index contributed by atoms with van der Waals surface area (Å²) in [5, 5.41) is 51.4. The molecule has 0 atom stereocenters. The van der Waals surface area contributed by atoms with Crippen molar-refractivity contribution in [3.8, 4) is 36.4 Å². The van der Waals surface area contributed by atoms with Gasteiger partial charge < -0.3 is 0 Å². The molecule has 0 spiro atoms. The largest absolute Gasteiger partial charge is 0.417 e. The van der Waals surface area contributed by atoms with Gasteiger partial charge in [0, 0.05) is 10.4 Å². The van der Waals surface area contributed by atoms with E-state index in [-0.39, 0.29) is 6.07 Å². The monoisotopic (exact) mass is 592 g/mol. The van der Waals surface area contributed by atoms with Crippen molar-refractivity contribution in [2.75, 3.05) is 0 Å². The number of halogens is 11. The summed E-state index contributed by atoms with van der Waals surface area (Å²) in [6.45, 7) is 0. The third-order valence-corrected chi connectivity index (χ3v) is 6.08. The lowest BCUT2D eigenvalue weighted by Crippen LogP contribution is -2.31. The van der Waals surface area contributed by atoms with E-state index in [1.165, 1.54) is 0 Å². The molecule has 0 aliphatic heterocycles. The normalized spacial score (nSPS) is 14.0. The molecule has 0 fully saturated rings. The Kier molecular flexibility index (Phi) is 6.86. The maximum absolute atomic E-state index is 14.3. The Bertz CT molecular complexity index is 1810. The Balaban J connectivity index is 3.66. The van der Waals surface area contributed by atoms with Gasteiger partial charge in [0.25, 0.3) is 0 Å². The molecule has 0 aliphatic carbocycles. The lowest BCUT2D eigenvalue weighted by atomic mass is 9.91. The topological polar surface area (TPSA) is 143 Å². The molecule has 0 unspecified atom stereocenters. The number of rotatable bonds is 2. The van der Waals surface area contributed by atoms with Crippen LogP contribution in [0.5, 0.6) is 0 Å². The SMILES string of the molecule is N#CC(C#N)=c1cc(C#N)/c(=C(/C#N)c2cc(C(F)(F)F)c(C#N)c(C(F)(F)F)c2)c(S(F)(F)(F)(F)F)c1C#N. The van der Waals surface area contributed by atoms with Crippen LogP contribution in [-0.2, 0) is 12.4 Å². The molecule has 40 heavy (non-hydrogen) atoms. The lowest BCUT2D eigenvalue weighted by molar-refractivity contribution is -0.143. The summed E-state index contributed by atoms with van der Waals surface area (Å²) in [5.74, 6) is 0. The predicted octanol–water partition coefficient (Wildman–Crippen LogP) is 5.92. The molecule has 2 aromatic carbocycles. The highest BCUT2D eigenvalue weighted by Gasteiger charge is 2.68. The second kappa shape index (κ2) is 8.88. The Morgan fingerprint density at radius 3 is 1.38 bits per heavy atom. The van der Waals surface area contributed by atoms with Crippen molar-refractivity contribution in [1.29, 1.82) is 31.6 Å². The van der Waals surface area contributed by atoms with E-state index in [1.807, 2.05) is 0 Å². The van der Waals surface area contributed by atoms with E-state index >= 15 is 0 Å². The van der Waals surface area contributed by atoms with Crippen LogP contribution in [0.15, 0.2) is 23.1 Å². The summed E-state index contributed by atoms with van der Waals surface area (Å²) < 4.78 is 153. The van der Waals surface area contributed by atoms with Crippen LogP contribution in [0.1, 0.15) is 33.4 Å². The second-order valence-corrected chi connectivity index (χ2v) is 9.73. The first-order valence-electron chi connectivity index (χ1n) is 9.43.